The number of halogens is 3. The van der Waals surface area contributed by atoms with Gasteiger partial charge in [-0.25, -0.2) is 14.4 Å². The molecule has 1 fully saturated rings. The zero-order chi connectivity index (χ0) is 33.7. The van der Waals surface area contributed by atoms with E-state index in [0.29, 0.717) is 66.3 Å². The Morgan fingerprint density at radius 3 is 2.64 bits per heavy atom. The molecule has 2 aromatic heterocycles. The van der Waals surface area contributed by atoms with E-state index in [0.717, 1.165) is 10.9 Å². The third-order valence-electron chi connectivity index (χ3n) is 7.24. The molecule has 1 saturated heterocycles. The van der Waals surface area contributed by atoms with Gasteiger partial charge in [-0.2, -0.15) is 4.39 Å². The maximum Gasteiger partial charge on any atom is 0.274 e. The van der Waals surface area contributed by atoms with Crippen molar-refractivity contribution in [3.63, 3.8) is 0 Å². The van der Waals surface area contributed by atoms with Gasteiger partial charge in [-0.05, 0) is 58.4 Å². The topological polar surface area (TPSA) is 136 Å². The molecule has 0 radical (unpaired) electrons. The normalized spacial score (nSPS) is 15.1. The monoisotopic (exact) mass is 670 g/mol. The van der Waals surface area contributed by atoms with Gasteiger partial charge in [0.1, 0.15) is 36.4 Å². The molecule has 0 aliphatic carbocycles. The van der Waals surface area contributed by atoms with Crippen molar-refractivity contribution in [1.29, 1.82) is 0 Å². The second-order valence-corrected chi connectivity index (χ2v) is 12.7. The number of likely N-dealkylation sites (tertiary alicyclic amines) is 1. The molecule has 2 aromatic carbocycles. The lowest BCUT2D eigenvalue weighted by molar-refractivity contribution is -0.123. The largest absolute Gasteiger partial charge is 0.494 e. The number of nitrogens with zero attached hydrogens (tertiary/aromatic N) is 5. The lowest BCUT2D eigenvalue weighted by atomic mass is 10.1. The van der Waals surface area contributed by atoms with Gasteiger partial charge in [0.05, 0.1) is 35.2 Å². The molecule has 0 saturated carbocycles. The van der Waals surface area contributed by atoms with Crippen molar-refractivity contribution < 1.29 is 27.8 Å². The summed E-state index contributed by atoms with van der Waals surface area (Å²) in [7, 11) is 1.50. The predicted molar refractivity (Wildman–Crippen MR) is 175 cm³/mol. The number of carbonyl (C=O) groups is 2. The van der Waals surface area contributed by atoms with Gasteiger partial charge in [-0.3, -0.25) is 14.3 Å². The van der Waals surface area contributed by atoms with E-state index in [1.807, 2.05) is 25.7 Å². The number of fused-ring (bicyclic) bond motifs is 1. The van der Waals surface area contributed by atoms with Gasteiger partial charge in [0.2, 0.25) is 17.6 Å². The summed E-state index contributed by atoms with van der Waals surface area (Å²) < 4.78 is 40.3. The molecule has 4 aromatic rings. The van der Waals surface area contributed by atoms with Crippen LogP contribution in [0.25, 0.3) is 10.9 Å². The highest BCUT2D eigenvalue weighted by Crippen LogP contribution is 2.36. The van der Waals surface area contributed by atoms with Gasteiger partial charge in [0.25, 0.3) is 5.88 Å². The summed E-state index contributed by atoms with van der Waals surface area (Å²) in [6, 6.07) is 8.11. The molecule has 0 unspecified atom stereocenters. The Hall–Kier alpha value is -4.56. The SMILES string of the molecule is COc1cc2ncnc(Nc3ccc(Oc4nn(CC(=O)NC(C)(C)C)cc4F)cc3Cl)c2cc1NC(=O)CCCN1CC[C@@H](F)C1. The van der Waals surface area contributed by atoms with E-state index in [9.17, 15) is 18.4 Å². The second-order valence-electron chi connectivity index (χ2n) is 12.3. The molecule has 3 heterocycles. The molecule has 1 aliphatic heterocycles. The van der Waals surface area contributed by atoms with E-state index in [2.05, 4.69) is 31.0 Å². The fraction of sp³-hybridized carbons (Fsp3) is 0.406. The number of hydrogen-bond acceptors (Lipinski definition) is 9. The van der Waals surface area contributed by atoms with Crippen LogP contribution in [0.1, 0.15) is 40.0 Å². The Balaban J connectivity index is 1.26. The summed E-state index contributed by atoms with van der Waals surface area (Å²) in [5, 5.41) is 13.8. The maximum atomic E-state index is 14.6. The quantitative estimate of drug-likeness (QED) is 0.170. The summed E-state index contributed by atoms with van der Waals surface area (Å²) in [5.74, 6) is -0.490. The van der Waals surface area contributed by atoms with Crippen molar-refractivity contribution >= 4 is 51.5 Å². The first-order valence-electron chi connectivity index (χ1n) is 15.1. The van der Waals surface area contributed by atoms with Crippen LogP contribution in [0.3, 0.4) is 0 Å². The third-order valence-corrected chi connectivity index (χ3v) is 7.55. The number of anilines is 3. The highest BCUT2D eigenvalue weighted by Gasteiger charge is 2.22. The number of carbonyl (C=O) groups excluding carboxylic acids is 2. The van der Waals surface area contributed by atoms with E-state index < -0.39 is 17.5 Å². The smallest absolute Gasteiger partial charge is 0.274 e. The van der Waals surface area contributed by atoms with Gasteiger partial charge >= 0.3 is 0 Å². The molecule has 2 amide bonds. The zero-order valence-electron chi connectivity index (χ0n) is 26.6. The number of methoxy groups -OCH3 is 1. The minimum absolute atomic E-state index is 0.175. The van der Waals surface area contributed by atoms with Gasteiger partial charge in [0, 0.05) is 42.6 Å². The Morgan fingerprint density at radius 2 is 1.94 bits per heavy atom. The van der Waals surface area contributed by atoms with Crippen molar-refractivity contribution in [2.75, 3.05) is 37.4 Å². The summed E-state index contributed by atoms with van der Waals surface area (Å²) in [6.45, 7) is 7.14. The highest BCUT2D eigenvalue weighted by molar-refractivity contribution is 6.33. The molecule has 47 heavy (non-hydrogen) atoms. The summed E-state index contributed by atoms with van der Waals surface area (Å²) in [6.07, 6.45) is 3.08. The number of nitrogens with one attached hydrogen (secondary N) is 3. The van der Waals surface area contributed by atoms with Crippen LogP contribution < -0.4 is 25.4 Å². The first-order valence-corrected chi connectivity index (χ1v) is 15.5. The van der Waals surface area contributed by atoms with E-state index >= 15 is 0 Å². The average molecular weight is 671 g/mol. The number of ether oxygens (including phenoxy) is 2. The summed E-state index contributed by atoms with van der Waals surface area (Å²) in [5.41, 5.74) is 1.04. The molecule has 5 rings (SSSR count). The van der Waals surface area contributed by atoms with Crippen LogP contribution in [0, 0.1) is 5.82 Å². The van der Waals surface area contributed by atoms with Gasteiger partial charge in [0.15, 0.2) is 0 Å². The number of alkyl halides is 1. The Labute approximate surface area is 275 Å². The highest BCUT2D eigenvalue weighted by atomic mass is 35.5. The molecule has 1 aliphatic rings. The van der Waals surface area contributed by atoms with E-state index in [1.54, 1.807) is 24.3 Å². The van der Waals surface area contributed by atoms with Crippen molar-refractivity contribution in [2.45, 2.75) is 58.3 Å². The first-order chi connectivity index (χ1) is 22.4. The number of rotatable bonds is 12. The predicted octanol–water partition coefficient (Wildman–Crippen LogP) is 5.84. The lowest BCUT2D eigenvalue weighted by Gasteiger charge is -2.20. The molecular formula is C32H37ClF2N8O4. The van der Waals surface area contributed by atoms with Crippen molar-refractivity contribution in [1.82, 2.24) is 30.0 Å². The number of hydrogen-bond donors (Lipinski definition) is 3. The van der Waals surface area contributed by atoms with Crippen LogP contribution in [0.5, 0.6) is 17.4 Å². The molecule has 12 nitrogen and oxygen atoms in total. The van der Waals surface area contributed by atoms with E-state index in [-0.39, 0.29) is 41.4 Å². The fourth-order valence-corrected chi connectivity index (χ4v) is 5.37. The third kappa shape index (κ3) is 9.04. The van der Waals surface area contributed by atoms with Crippen LogP contribution in [-0.2, 0) is 16.1 Å². The lowest BCUT2D eigenvalue weighted by Crippen LogP contribution is -2.42. The fourth-order valence-electron chi connectivity index (χ4n) is 5.15. The first kappa shape index (κ1) is 33.8. The van der Waals surface area contributed by atoms with Crippen molar-refractivity contribution in [3.05, 3.63) is 53.7 Å². The number of benzene rings is 2. The Kier molecular flexibility index (Phi) is 10.4. The number of amides is 2. The van der Waals surface area contributed by atoms with E-state index in [1.165, 1.54) is 19.5 Å². The standard InChI is InChI=1S/C32H37ClF2N8O4/c1-32(2,3)40-29(45)17-43-16-23(35)31(41-43)47-20-7-8-24(22(33)12-20)39-30-21-13-26(27(46-4)14-25(21)36-18-37-30)38-28(44)6-5-10-42-11-9-19(34)15-42/h7-8,12-14,16,18-19H,5-6,9-11,15,17H2,1-4H3,(H,38,44)(H,40,45)(H,36,37,39)/t19-/m1/s1. The molecular weight excluding hydrogens is 634 g/mol. The van der Waals surface area contributed by atoms with Crippen LogP contribution in [0.15, 0.2) is 42.9 Å². The molecule has 250 valence electrons. The van der Waals surface area contributed by atoms with Gasteiger partial charge in [-0.1, -0.05) is 11.6 Å². The zero-order valence-corrected chi connectivity index (χ0v) is 27.3. The average Bonchev–Trinajstić information content (AvgIpc) is 3.56. The van der Waals surface area contributed by atoms with Crippen LogP contribution in [0.4, 0.5) is 26.0 Å². The second kappa shape index (κ2) is 14.5. The minimum atomic E-state index is -0.794. The van der Waals surface area contributed by atoms with E-state index in [4.69, 9.17) is 21.1 Å². The van der Waals surface area contributed by atoms with Crippen LogP contribution >= 0.6 is 11.6 Å². The summed E-state index contributed by atoms with van der Waals surface area (Å²) >= 11 is 6.56. The Bertz CT molecular complexity index is 1760. The van der Waals surface area contributed by atoms with Crippen molar-refractivity contribution in [2.24, 2.45) is 0 Å². The molecule has 1 atom stereocenters. The number of aromatic nitrogens is 4. The van der Waals surface area contributed by atoms with Crippen molar-refractivity contribution in [3.8, 4) is 17.4 Å². The molecule has 3 N–H and O–H groups in total. The summed E-state index contributed by atoms with van der Waals surface area (Å²) in [4.78, 5) is 35.7. The minimum Gasteiger partial charge on any atom is -0.494 e. The van der Waals surface area contributed by atoms with Crippen LogP contribution in [0.2, 0.25) is 5.02 Å². The molecule has 0 bridgehead atoms. The van der Waals surface area contributed by atoms with Gasteiger partial charge in [-0.15, -0.1) is 5.10 Å². The van der Waals surface area contributed by atoms with Crippen LogP contribution in [-0.4, -0.2) is 74.9 Å². The molecule has 0 spiro atoms. The maximum absolute atomic E-state index is 14.6. The molecule has 15 heteroatoms. The Morgan fingerprint density at radius 1 is 1.13 bits per heavy atom. The van der Waals surface area contributed by atoms with Gasteiger partial charge < -0.3 is 30.3 Å².